The molecule has 0 aliphatic carbocycles. The summed E-state index contributed by atoms with van der Waals surface area (Å²) < 4.78 is 3.12. The first kappa shape index (κ1) is 23.9. The number of likely N-dealkylation sites (tertiary alicyclic amines) is 1. The third-order valence-electron chi connectivity index (χ3n) is 6.51. The number of nitrogens with two attached hydrogens (primary N) is 1. The lowest BCUT2D eigenvalue weighted by Gasteiger charge is -2.30. The van der Waals surface area contributed by atoms with Crippen LogP contribution < -0.4 is 11.1 Å². The van der Waals surface area contributed by atoms with Gasteiger partial charge < -0.3 is 15.6 Å². The molecule has 6 rings (SSSR count). The number of nitrogens with zero attached hydrogens (tertiary/aromatic N) is 5. The van der Waals surface area contributed by atoms with Crippen LogP contribution in [0, 0.1) is 6.92 Å². The fourth-order valence-corrected chi connectivity index (χ4v) is 6.22. The first-order chi connectivity index (χ1) is 18.0. The van der Waals surface area contributed by atoms with Crippen molar-refractivity contribution >= 4 is 44.5 Å². The van der Waals surface area contributed by atoms with E-state index in [1.807, 2.05) is 47.5 Å². The van der Waals surface area contributed by atoms with Gasteiger partial charge >= 0.3 is 0 Å². The van der Waals surface area contributed by atoms with Gasteiger partial charge in [0.2, 0.25) is 0 Å². The highest BCUT2D eigenvalue weighted by atomic mass is 32.1. The summed E-state index contributed by atoms with van der Waals surface area (Å²) in [5, 5.41) is 3.49. The van der Waals surface area contributed by atoms with E-state index in [-0.39, 0.29) is 11.9 Å². The van der Waals surface area contributed by atoms with Crippen LogP contribution in [-0.4, -0.2) is 49.5 Å². The molecule has 4 heterocycles. The van der Waals surface area contributed by atoms with Gasteiger partial charge in [0.15, 0.2) is 5.01 Å². The lowest BCUT2D eigenvalue weighted by molar-refractivity contribution is 0.102. The quantitative estimate of drug-likeness (QED) is 0.318. The number of rotatable bonds is 6. The van der Waals surface area contributed by atoms with Crippen molar-refractivity contribution in [2.24, 2.45) is 5.73 Å². The second-order valence-corrected chi connectivity index (χ2v) is 11.4. The van der Waals surface area contributed by atoms with E-state index in [1.54, 1.807) is 23.9 Å². The minimum Gasteiger partial charge on any atom is -0.327 e. The Hall–Kier alpha value is -3.44. The van der Waals surface area contributed by atoms with Gasteiger partial charge in [0.05, 0.1) is 32.6 Å². The molecule has 0 saturated carbocycles. The molecule has 0 radical (unpaired) electrons. The molecule has 1 aliphatic rings. The highest BCUT2D eigenvalue weighted by Crippen LogP contribution is 2.30. The molecule has 188 valence electrons. The number of hydrogen-bond acceptors (Lipinski definition) is 8. The van der Waals surface area contributed by atoms with Crippen molar-refractivity contribution < 1.29 is 4.79 Å². The zero-order valence-corrected chi connectivity index (χ0v) is 22.1. The zero-order valence-electron chi connectivity index (χ0n) is 20.4. The summed E-state index contributed by atoms with van der Waals surface area (Å²) in [7, 11) is 0. The number of hydrogen-bond donors (Lipinski definition) is 2. The van der Waals surface area contributed by atoms with Crippen LogP contribution in [0.25, 0.3) is 26.3 Å². The molecule has 1 amide bonds. The molecule has 37 heavy (non-hydrogen) atoms. The smallest absolute Gasteiger partial charge is 0.284 e. The summed E-state index contributed by atoms with van der Waals surface area (Å²) in [6.45, 7) is 4.64. The van der Waals surface area contributed by atoms with Crippen molar-refractivity contribution in [3.8, 4) is 16.1 Å². The van der Waals surface area contributed by atoms with Gasteiger partial charge in [-0.05, 0) is 67.8 Å². The Morgan fingerprint density at radius 1 is 1.19 bits per heavy atom. The predicted octanol–water partition coefficient (Wildman–Crippen LogP) is 5.09. The lowest BCUT2D eigenvalue weighted by atomic mass is 10.1. The van der Waals surface area contributed by atoms with E-state index < -0.39 is 0 Å². The number of aryl methyl sites for hydroxylation is 1. The Bertz CT molecular complexity index is 1570. The van der Waals surface area contributed by atoms with Crippen LogP contribution in [0.4, 0.5) is 5.69 Å². The first-order valence-electron chi connectivity index (χ1n) is 12.2. The number of benzene rings is 2. The number of amides is 1. The predicted molar refractivity (Wildman–Crippen MR) is 149 cm³/mol. The van der Waals surface area contributed by atoms with Gasteiger partial charge in [-0.25, -0.2) is 15.0 Å². The molecule has 1 saturated heterocycles. The second kappa shape index (κ2) is 10.1. The van der Waals surface area contributed by atoms with Crippen LogP contribution in [0.15, 0.2) is 60.6 Å². The van der Waals surface area contributed by atoms with Crippen molar-refractivity contribution in [2.45, 2.75) is 32.4 Å². The second-order valence-electron chi connectivity index (χ2n) is 9.47. The van der Waals surface area contributed by atoms with Crippen LogP contribution in [0.1, 0.15) is 33.9 Å². The normalized spacial score (nSPS) is 16.3. The van der Waals surface area contributed by atoms with Crippen molar-refractivity contribution in [1.29, 1.82) is 0 Å². The third kappa shape index (κ3) is 5.33. The van der Waals surface area contributed by atoms with Crippen molar-refractivity contribution in [3.05, 3.63) is 76.9 Å². The first-order valence-corrected chi connectivity index (χ1v) is 13.9. The maximum atomic E-state index is 13.2. The number of fused-ring (bicyclic) bond motifs is 1. The summed E-state index contributed by atoms with van der Waals surface area (Å²) in [5.41, 5.74) is 13.7. The fourth-order valence-electron chi connectivity index (χ4n) is 4.75. The summed E-state index contributed by atoms with van der Waals surface area (Å²) in [4.78, 5) is 29.7. The number of imidazole rings is 1. The molecule has 0 bridgehead atoms. The topological polar surface area (TPSA) is 102 Å². The number of anilines is 1. The standard InChI is InChI=1S/C27H27N7OS2/c1-17-12-34(15-30-17)22-8-18(13-33-6-2-3-20(28)14-33)7-21(10-22)32-26(35)27-29-11-25(37-27)19-4-5-24-23(9-19)31-16-36-24/h4-5,7-12,15-16,20H,2-3,6,13-14,28H2,1H3,(H,32,35)/t20-/m0/s1. The summed E-state index contributed by atoms with van der Waals surface area (Å²) >= 11 is 2.99. The van der Waals surface area contributed by atoms with E-state index in [1.165, 1.54) is 11.3 Å². The van der Waals surface area contributed by atoms with E-state index in [0.717, 1.165) is 75.8 Å². The highest BCUT2D eigenvalue weighted by molar-refractivity contribution is 7.17. The Balaban J connectivity index is 1.25. The van der Waals surface area contributed by atoms with Gasteiger partial charge in [-0.15, -0.1) is 22.7 Å². The van der Waals surface area contributed by atoms with E-state index in [9.17, 15) is 4.79 Å². The van der Waals surface area contributed by atoms with Crippen LogP contribution in [-0.2, 0) is 6.54 Å². The number of thiazole rings is 2. The average Bonchev–Trinajstić information content (AvgIpc) is 3.64. The van der Waals surface area contributed by atoms with Crippen LogP contribution >= 0.6 is 22.7 Å². The van der Waals surface area contributed by atoms with Gasteiger partial charge in [0.25, 0.3) is 5.91 Å². The van der Waals surface area contributed by atoms with Gasteiger partial charge in [-0.3, -0.25) is 9.69 Å². The number of carbonyl (C=O) groups is 1. The molecule has 3 N–H and O–H groups in total. The lowest BCUT2D eigenvalue weighted by Crippen LogP contribution is -2.42. The molecular weight excluding hydrogens is 502 g/mol. The Morgan fingerprint density at radius 3 is 2.95 bits per heavy atom. The van der Waals surface area contributed by atoms with Gasteiger partial charge in [-0.1, -0.05) is 6.07 Å². The molecule has 0 spiro atoms. The number of aromatic nitrogens is 4. The molecule has 3 aromatic heterocycles. The van der Waals surface area contributed by atoms with Crippen molar-refractivity contribution in [3.63, 3.8) is 0 Å². The minimum atomic E-state index is -0.226. The summed E-state index contributed by atoms with van der Waals surface area (Å²) in [6.07, 6.45) is 7.70. The molecule has 1 aliphatic heterocycles. The minimum absolute atomic E-state index is 0.211. The molecule has 1 atom stereocenters. The average molecular weight is 530 g/mol. The van der Waals surface area contributed by atoms with Crippen LogP contribution in [0.2, 0.25) is 0 Å². The largest absolute Gasteiger partial charge is 0.327 e. The number of carbonyl (C=O) groups excluding carboxylic acids is 1. The highest BCUT2D eigenvalue weighted by Gasteiger charge is 2.18. The Labute approximate surface area is 222 Å². The van der Waals surface area contributed by atoms with Crippen LogP contribution in [0.3, 0.4) is 0 Å². The Kier molecular flexibility index (Phi) is 6.56. The SMILES string of the molecule is Cc1cn(-c2cc(CN3CCC[C@H](N)C3)cc(NC(=O)c3ncc(-c4ccc5scnc5c4)s3)c2)cn1. The van der Waals surface area contributed by atoms with Crippen LogP contribution in [0.5, 0.6) is 0 Å². The number of nitrogens with one attached hydrogen (secondary N) is 1. The molecule has 8 nitrogen and oxygen atoms in total. The van der Waals surface area contributed by atoms with E-state index >= 15 is 0 Å². The fraction of sp³-hybridized carbons (Fsp3) is 0.259. The van der Waals surface area contributed by atoms with Crippen molar-refractivity contribution in [2.75, 3.05) is 18.4 Å². The molecule has 5 aromatic rings. The molecule has 10 heteroatoms. The third-order valence-corrected chi connectivity index (χ3v) is 8.36. The molecular formula is C27H27N7OS2. The van der Waals surface area contributed by atoms with E-state index in [4.69, 9.17) is 5.73 Å². The Morgan fingerprint density at radius 2 is 2.11 bits per heavy atom. The number of piperidine rings is 1. The van der Waals surface area contributed by atoms with Gasteiger partial charge in [-0.2, -0.15) is 0 Å². The van der Waals surface area contributed by atoms with Gasteiger partial charge in [0.1, 0.15) is 0 Å². The van der Waals surface area contributed by atoms with E-state index in [2.05, 4.69) is 37.3 Å². The summed E-state index contributed by atoms with van der Waals surface area (Å²) in [6, 6.07) is 12.5. The monoisotopic (exact) mass is 529 g/mol. The molecule has 2 aromatic carbocycles. The molecule has 0 unspecified atom stereocenters. The maximum Gasteiger partial charge on any atom is 0.284 e. The molecule has 1 fully saturated rings. The van der Waals surface area contributed by atoms with E-state index in [0.29, 0.717) is 5.01 Å². The van der Waals surface area contributed by atoms with Gasteiger partial charge in [0, 0.05) is 42.9 Å². The zero-order chi connectivity index (χ0) is 25.4. The van der Waals surface area contributed by atoms with Crippen molar-refractivity contribution in [1.82, 2.24) is 24.4 Å². The maximum absolute atomic E-state index is 13.2. The summed E-state index contributed by atoms with van der Waals surface area (Å²) in [5.74, 6) is -0.226.